The Morgan fingerprint density at radius 2 is 2.20 bits per heavy atom. The van der Waals surface area contributed by atoms with E-state index in [0.717, 1.165) is 31.6 Å². The fraction of sp³-hybridized carbons (Fsp3) is 0.308. The molecule has 2 heteroatoms. The fourth-order valence-corrected chi connectivity index (χ4v) is 2.20. The van der Waals surface area contributed by atoms with Crippen molar-refractivity contribution >= 4 is 5.78 Å². The van der Waals surface area contributed by atoms with E-state index in [1.165, 1.54) is 11.1 Å². The predicted molar refractivity (Wildman–Crippen MR) is 59.2 cm³/mol. The van der Waals surface area contributed by atoms with Crippen LogP contribution in [0.25, 0.3) is 0 Å². The van der Waals surface area contributed by atoms with Gasteiger partial charge in [0.15, 0.2) is 0 Å². The number of carbonyl (C=O) groups is 1. The van der Waals surface area contributed by atoms with E-state index in [4.69, 9.17) is 0 Å². The number of allylic oxidation sites excluding steroid dienone is 6. The lowest BCUT2D eigenvalue weighted by Gasteiger charge is -2.40. The molecule has 0 aromatic carbocycles. The van der Waals surface area contributed by atoms with E-state index in [-0.39, 0.29) is 5.78 Å². The standard InChI is InChI=1S/C13H13NO/c15-13-7-11-8-14(9-11)12(13)6-10-4-2-1-3-5-10/h1-2,4,6-7H,3,5,8-9H2/b12-6-. The van der Waals surface area contributed by atoms with Gasteiger partial charge in [0.2, 0.25) is 5.78 Å². The molecule has 0 N–H and O–H groups in total. The zero-order chi connectivity index (χ0) is 10.3. The molecule has 15 heavy (non-hydrogen) atoms. The summed E-state index contributed by atoms with van der Waals surface area (Å²) in [4.78, 5) is 13.8. The molecule has 2 bridgehead atoms. The Morgan fingerprint density at radius 3 is 2.87 bits per heavy atom. The second kappa shape index (κ2) is 3.23. The summed E-state index contributed by atoms with van der Waals surface area (Å²) in [7, 11) is 0. The van der Waals surface area contributed by atoms with Crippen molar-refractivity contribution in [2.24, 2.45) is 0 Å². The number of fused-ring (bicyclic) bond motifs is 2. The average molecular weight is 199 g/mol. The van der Waals surface area contributed by atoms with Crippen LogP contribution in [0, 0.1) is 0 Å². The Balaban J connectivity index is 1.90. The first kappa shape index (κ1) is 8.72. The van der Waals surface area contributed by atoms with E-state index < -0.39 is 0 Å². The SMILES string of the molecule is O=C1C=C2CN(C2)/C1=C\C1=CC=CCC1. The summed E-state index contributed by atoms with van der Waals surface area (Å²) in [5, 5.41) is 0. The largest absolute Gasteiger partial charge is 0.360 e. The van der Waals surface area contributed by atoms with Crippen LogP contribution in [0.15, 0.2) is 47.2 Å². The molecule has 0 saturated carbocycles. The summed E-state index contributed by atoms with van der Waals surface area (Å²) in [6.45, 7) is 1.92. The van der Waals surface area contributed by atoms with Crippen LogP contribution in [-0.2, 0) is 4.79 Å². The maximum absolute atomic E-state index is 11.7. The van der Waals surface area contributed by atoms with Gasteiger partial charge in [-0.2, -0.15) is 0 Å². The van der Waals surface area contributed by atoms with Crippen LogP contribution in [0.3, 0.4) is 0 Å². The fourth-order valence-electron chi connectivity index (χ4n) is 2.20. The molecule has 3 heterocycles. The summed E-state index contributed by atoms with van der Waals surface area (Å²) in [6, 6.07) is 0. The van der Waals surface area contributed by atoms with Crippen molar-refractivity contribution in [2.45, 2.75) is 12.8 Å². The van der Waals surface area contributed by atoms with Crippen molar-refractivity contribution in [1.29, 1.82) is 0 Å². The summed E-state index contributed by atoms with van der Waals surface area (Å²) in [5.41, 5.74) is 3.42. The number of carbonyl (C=O) groups excluding carboxylic acids is 1. The van der Waals surface area contributed by atoms with Crippen LogP contribution >= 0.6 is 0 Å². The molecule has 1 fully saturated rings. The van der Waals surface area contributed by atoms with Crippen LogP contribution in [0.5, 0.6) is 0 Å². The van der Waals surface area contributed by atoms with Crippen LogP contribution in [0.4, 0.5) is 0 Å². The van der Waals surface area contributed by atoms with Crippen LogP contribution < -0.4 is 0 Å². The highest BCUT2D eigenvalue weighted by atomic mass is 16.1. The van der Waals surface area contributed by atoms with Crippen LogP contribution in [0.2, 0.25) is 0 Å². The average Bonchev–Trinajstić information content (AvgIpc) is 2.20. The molecule has 4 rings (SSSR count). The second-order valence-corrected chi connectivity index (χ2v) is 4.26. The Morgan fingerprint density at radius 1 is 1.33 bits per heavy atom. The number of hydrogen-bond donors (Lipinski definition) is 0. The normalized spacial score (nSPS) is 26.3. The van der Waals surface area contributed by atoms with Gasteiger partial charge in [-0.1, -0.05) is 18.2 Å². The molecule has 0 spiro atoms. The Bertz CT molecular complexity index is 429. The van der Waals surface area contributed by atoms with Crippen LogP contribution in [-0.4, -0.2) is 23.8 Å². The highest BCUT2D eigenvalue weighted by molar-refractivity contribution is 6.06. The number of ketones is 1. The first-order valence-electron chi connectivity index (χ1n) is 5.39. The predicted octanol–water partition coefficient (Wildman–Crippen LogP) is 1.97. The molecule has 0 amide bonds. The number of rotatable bonds is 1. The van der Waals surface area contributed by atoms with Crippen molar-refractivity contribution < 1.29 is 4.79 Å². The third kappa shape index (κ3) is 1.46. The van der Waals surface area contributed by atoms with Gasteiger partial charge in [0, 0.05) is 13.1 Å². The second-order valence-electron chi connectivity index (χ2n) is 4.26. The lowest BCUT2D eigenvalue weighted by Crippen LogP contribution is -2.45. The molecule has 1 aliphatic carbocycles. The molecule has 1 saturated heterocycles. The molecule has 0 radical (unpaired) electrons. The minimum absolute atomic E-state index is 0.179. The maximum Gasteiger partial charge on any atom is 0.201 e. The summed E-state index contributed by atoms with van der Waals surface area (Å²) in [6.07, 6.45) is 12.3. The molecule has 0 aromatic rings. The van der Waals surface area contributed by atoms with Gasteiger partial charge in [-0.25, -0.2) is 0 Å². The van der Waals surface area contributed by atoms with E-state index in [2.05, 4.69) is 29.2 Å². The molecule has 76 valence electrons. The zero-order valence-corrected chi connectivity index (χ0v) is 8.57. The third-order valence-electron chi connectivity index (χ3n) is 3.08. The first-order valence-corrected chi connectivity index (χ1v) is 5.39. The van der Waals surface area contributed by atoms with Crippen molar-refractivity contribution in [3.05, 3.63) is 47.2 Å². The van der Waals surface area contributed by atoms with Gasteiger partial charge in [0.25, 0.3) is 0 Å². The van der Waals surface area contributed by atoms with E-state index in [1.54, 1.807) is 6.08 Å². The Hall–Kier alpha value is -1.57. The van der Waals surface area contributed by atoms with Gasteiger partial charge in [0.1, 0.15) is 0 Å². The number of nitrogens with zero attached hydrogens (tertiary/aromatic N) is 1. The van der Waals surface area contributed by atoms with Crippen LogP contribution in [0.1, 0.15) is 12.8 Å². The number of hydrogen-bond acceptors (Lipinski definition) is 2. The third-order valence-corrected chi connectivity index (χ3v) is 3.08. The molecule has 0 atom stereocenters. The van der Waals surface area contributed by atoms with E-state index in [0.29, 0.717) is 0 Å². The first-order chi connectivity index (χ1) is 7.33. The molecule has 3 aliphatic heterocycles. The van der Waals surface area contributed by atoms with Gasteiger partial charge in [-0.3, -0.25) is 4.79 Å². The topological polar surface area (TPSA) is 20.3 Å². The van der Waals surface area contributed by atoms with Gasteiger partial charge in [0.05, 0.1) is 5.70 Å². The molecule has 4 aliphatic rings. The Labute approximate surface area is 89.3 Å². The smallest absolute Gasteiger partial charge is 0.201 e. The minimum Gasteiger partial charge on any atom is -0.360 e. The van der Waals surface area contributed by atoms with E-state index in [9.17, 15) is 4.79 Å². The highest BCUT2D eigenvalue weighted by Gasteiger charge is 2.31. The monoisotopic (exact) mass is 199 g/mol. The summed E-state index contributed by atoms with van der Waals surface area (Å²) < 4.78 is 0. The van der Waals surface area contributed by atoms with Gasteiger partial charge in [-0.15, -0.1) is 0 Å². The molecule has 2 nitrogen and oxygen atoms in total. The quantitative estimate of drug-likeness (QED) is 0.602. The van der Waals surface area contributed by atoms with Crippen molar-refractivity contribution in [1.82, 2.24) is 4.90 Å². The van der Waals surface area contributed by atoms with Gasteiger partial charge in [-0.05, 0) is 36.1 Å². The minimum atomic E-state index is 0.179. The molecule has 0 aromatic heterocycles. The molecular weight excluding hydrogens is 186 g/mol. The van der Waals surface area contributed by atoms with Crippen molar-refractivity contribution in [3.63, 3.8) is 0 Å². The summed E-state index contributed by atoms with van der Waals surface area (Å²) >= 11 is 0. The Kier molecular flexibility index (Phi) is 1.88. The van der Waals surface area contributed by atoms with E-state index in [1.807, 2.05) is 0 Å². The molecular formula is C13H13NO. The van der Waals surface area contributed by atoms with Crippen molar-refractivity contribution in [3.8, 4) is 0 Å². The summed E-state index contributed by atoms with van der Waals surface area (Å²) in [5.74, 6) is 0.179. The van der Waals surface area contributed by atoms with Gasteiger partial charge < -0.3 is 4.90 Å². The van der Waals surface area contributed by atoms with Crippen molar-refractivity contribution in [2.75, 3.05) is 13.1 Å². The van der Waals surface area contributed by atoms with Gasteiger partial charge >= 0.3 is 0 Å². The zero-order valence-electron chi connectivity index (χ0n) is 8.57. The lowest BCUT2D eigenvalue weighted by atomic mass is 9.94. The maximum atomic E-state index is 11.7. The molecule has 0 unspecified atom stereocenters. The lowest BCUT2D eigenvalue weighted by molar-refractivity contribution is -0.113. The highest BCUT2D eigenvalue weighted by Crippen LogP contribution is 2.28. The van der Waals surface area contributed by atoms with E-state index >= 15 is 0 Å².